The normalized spacial score (nSPS) is 12.1. The van der Waals surface area contributed by atoms with Crippen molar-refractivity contribution >= 4 is 40.5 Å². The van der Waals surface area contributed by atoms with E-state index in [1.807, 2.05) is 60.7 Å². The van der Waals surface area contributed by atoms with Gasteiger partial charge in [-0.3, -0.25) is 4.79 Å². The molecule has 0 atom stereocenters. The molecule has 1 heterocycles. The van der Waals surface area contributed by atoms with Crippen LogP contribution < -0.4 is 4.80 Å². The minimum absolute atomic E-state index is 0.0437. The molecule has 0 unspecified atom stereocenters. The van der Waals surface area contributed by atoms with Crippen LogP contribution in [0.1, 0.15) is 22.9 Å². The summed E-state index contributed by atoms with van der Waals surface area (Å²) in [7, 11) is 1.26. The van der Waals surface area contributed by atoms with Crippen LogP contribution in [-0.4, -0.2) is 40.5 Å². The molecule has 0 aliphatic rings. The van der Waals surface area contributed by atoms with Crippen molar-refractivity contribution in [3.8, 4) is 0 Å². The average Bonchev–Trinajstić information content (AvgIpc) is 3.16. The highest BCUT2D eigenvalue weighted by Crippen LogP contribution is 2.26. The molecule has 3 aromatic rings. The molecule has 0 saturated carbocycles. The molecule has 1 N–H and O–H groups in total. The van der Waals surface area contributed by atoms with Gasteiger partial charge in [-0.2, -0.15) is 9.72 Å². The van der Waals surface area contributed by atoms with E-state index in [1.54, 1.807) is 0 Å². The van der Waals surface area contributed by atoms with Gasteiger partial charge in [0.05, 0.1) is 0 Å². The number of hydrogen-bond donors (Lipinski definition) is 1. The molecule has 160 valence electrons. The summed E-state index contributed by atoms with van der Waals surface area (Å²) in [5, 5.41) is 15.5. The average molecular weight is 460 g/mol. The highest BCUT2D eigenvalue weighted by molar-refractivity contribution is 7.07. The van der Waals surface area contributed by atoms with Gasteiger partial charge < -0.3 is 14.8 Å². The first-order valence-electron chi connectivity index (χ1n) is 9.00. The Morgan fingerprint density at radius 3 is 2.19 bits per heavy atom. The molecular formula is C21H18ClN3O5S. The van der Waals surface area contributed by atoms with Crippen LogP contribution in [-0.2, 0) is 19.2 Å². The van der Waals surface area contributed by atoms with Gasteiger partial charge in [-0.1, -0.05) is 65.8 Å². The molecule has 1 aromatic heterocycles. The highest BCUT2D eigenvalue weighted by Gasteiger charge is 2.27. The fraction of sp³-hybridized carbons (Fsp3) is 0.143. The molecular weight excluding hydrogens is 442 g/mol. The number of nitrogens with zero attached hydrogens (tertiary/aromatic N) is 3. The second kappa shape index (κ2) is 10.6. The van der Waals surface area contributed by atoms with Gasteiger partial charge in [-0.05, 0) is 11.1 Å². The minimum Gasteiger partial charge on any atom is -0.448 e. The highest BCUT2D eigenvalue weighted by atomic mass is 35.5. The van der Waals surface area contributed by atoms with Crippen molar-refractivity contribution < 1.29 is 24.4 Å². The van der Waals surface area contributed by atoms with Crippen molar-refractivity contribution in [2.45, 2.75) is 6.10 Å². The van der Waals surface area contributed by atoms with E-state index < -0.39 is 18.0 Å². The Hall–Kier alpha value is -3.43. The predicted molar refractivity (Wildman–Crippen MR) is 115 cm³/mol. The summed E-state index contributed by atoms with van der Waals surface area (Å²) in [6, 6.07) is 18.4. The second-order valence-corrected chi connectivity index (χ2v) is 7.19. The van der Waals surface area contributed by atoms with Crippen molar-refractivity contribution in [2.24, 2.45) is 10.1 Å². The van der Waals surface area contributed by atoms with Crippen molar-refractivity contribution in [2.75, 3.05) is 13.0 Å². The zero-order valence-corrected chi connectivity index (χ0v) is 17.9. The van der Waals surface area contributed by atoms with Crippen LogP contribution in [0.2, 0.25) is 0 Å². The van der Waals surface area contributed by atoms with Gasteiger partial charge >= 0.3 is 5.97 Å². The van der Waals surface area contributed by atoms with E-state index >= 15 is 0 Å². The van der Waals surface area contributed by atoms with Crippen LogP contribution in [0.4, 0.5) is 0 Å². The van der Waals surface area contributed by atoms with Gasteiger partial charge in [0, 0.05) is 5.38 Å². The third kappa shape index (κ3) is 5.39. The number of thiazole rings is 1. The molecule has 31 heavy (non-hydrogen) atoms. The number of carbonyl (C=O) groups excluding carboxylic acids is 2. The number of hydrogen-bond acceptors (Lipinski definition) is 7. The molecule has 0 aliphatic carbocycles. The number of oxime groups is 1. The number of halogens is 1. The number of aromatic nitrogens is 1. The first-order valence-corrected chi connectivity index (χ1v) is 10.4. The Morgan fingerprint density at radius 1 is 1.10 bits per heavy atom. The smallest absolute Gasteiger partial charge is 0.363 e. The van der Waals surface area contributed by atoms with E-state index in [9.17, 15) is 14.8 Å². The summed E-state index contributed by atoms with van der Waals surface area (Å²) in [5.74, 6) is -1.82. The zero-order chi connectivity index (χ0) is 22.2. The van der Waals surface area contributed by atoms with Crippen LogP contribution in [0.15, 0.2) is 76.2 Å². The van der Waals surface area contributed by atoms with Crippen LogP contribution >= 0.6 is 22.9 Å². The molecule has 0 spiro atoms. The fourth-order valence-corrected chi connectivity index (χ4v) is 3.55. The first kappa shape index (κ1) is 22.3. The maximum atomic E-state index is 13.1. The van der Waals surface area contributed by atoms with Gasteiger partial charge in [0.25, 0.3) is 5.91 Å². The van der Waals surface area contributed by atoms with Crippen LogP contribution in [0, 0.1) is 0 Å². The largest absolute Gasteiger partial charge is 0.448 e. The van der Waals surface area contributed by atoms with Gasteiger partial charge in [-0.15, -0.1) is 22.9 Å². The number of carbonyl (C=O) groups is 2. The summed E-state index contributed by atoms with van der Waals surface area (Å²) in [4.78, 5) is 32.9. The Morgan fingerprint density at radius 2 is 1.68 bits per heavy atom. The molecule has 0 aliphatic heterocycles. The maximum absolute atomic E-state index is 13.1. The number of rotatable bonds is 7. The Kier molecular flexibility index (Phi) is 7.58. The van der Waals surface area contributed by atoms with E-state index in [1.165, 1.54) is 12.5 Å². The van der Waals surface area contributed by atoms with E-state index in [0.29, 0.717) is 4.73 Å². The standard InChI is InChI=1S/C21H18ClN3O5S/c1-29-24-18(16-13-31-21(25(16)28)23-17(26)12-22)20(27)30-19(14-8-4-2-5-9-14)15-10-6-3-7-11-15/h2-11,13,19,28H,12H2,1H3/b23-21?,24-18-. The Labute approximate surface area is 186 Å². The lowest BCUT2D eigenvalue weighted by Crippen LogP contribution is -2.27. The Bertz CT molecular complexity index is 1100. The number of benzene rings is 2. The summed E-state index contributed by atoms with van der Waals surface area (Å²) in [6.45, 7) is 0. The quantitative estimate of drug-likeness (QED) is 0.192. The van der Waals surface area contributed by atoms with Gasteiger partial charge in [0.15, 0.2) is 6.10 Å². The molecule has 1 amide bonds. The molecule has 0 fully saturated rings. The summed E-state index contributed by atoms with van der Waals surface area (Å²) in [6.07, 6.45) is -0.718. The third-order valence-corrected chi connectivity index (χ3v) is 5.11. The van der Waals surface area contributed by atoms with Crippen molar-refractivity contribution in [3.63, 3.8) is 0 Å². The van der Waals surface area contributed by atoms with Gasteiger partial charge in [0.2, 0.25) is 10.5 Å². The van der Waals surface area contributed by atoms with Crippen molar-refractivity contribution in [1.82, 2.24) is 4.73 Å². The molecule has 2 aromatic carbocycles. The summed E-state index contributed by atoms with van der Waals surface area (Å²) in [5.41, 5.74) is 1.17. The topological polar surface area (TPSA) is 102 Å². The monoisotopic (exact) mass is 459 g/mol. The van der Waals surface area contributed by atoms with E-state index in [2.05, 4.69) is 10.1 Å². The molecule has 0 saturated heterocycles. The number of ether oxygens (including phenoxy) is 1. The number of alkyl halides is 1. The van der Waals surface area contributed by atoms with E-state index in [-0.39, 0.29) is 22.1 Å². The summed E-state index contributed by atoms with van der Waals surface area (Å²) >= 11 is 6.38. The Balaban J connectivity index is 1.97. The molecule has 0 radical (unpaired) electrons. The SMILES string of the molecule is CO/N=C(\C(=O)OC(c1ccccc1)c1ccccc1)c1csc(=NC(=O)CCl)n1O. The lowest BCUT2D eigenvalue weighted by atomic mass is 10.0. The number of esters is 1. The van der Waals surface area contributed by atoms with Crippen LogP contribution in [0.5, 0.6) is 0 Å². The van der Waals surface area contributed by atoms with Gasteiger partial charge in [0.1, 0.15) is 18.7 Å². The van der Waals surface area contributed by atoms with Crippen molar-refractivity contribution in [3.05, 3.63) is 87.7 Å². The van der Waals surface area contributed by atoms with Crippen molar-refractivity contribution in [1.29, 1.82) is 0 Å². The maximum Gasteiger partial charge on any atom is 0.363 e. The summed E-state index contributed by atoms with van der Waals surface area (Å²) < 4.78 is 6.33. The zero-order valence-electron chi connectivity index (χ0n) is 16.3. The van der Waals surface area contributed by atoms with Crippen LogP contribution in [0.3, 0.4) is 0 Å². The second-order valence-electron chi connectivity index (χ2n) is 6.08. The van der Waals surface area contributed by atoms with E-state index in [0.717, 1.165) is 22.5 Å². The third-order valence-electron chi connectivity index (χ3n) is 4.07. The van der Waals surface area contributed by atoms with Gasteiger partial charge in [-0.25, -0.2) is 4.79 Å². The lowest BCUT2D eigenvalue weighted by Gasteiger charge is -2.19. The first-order chi connectivity index (χ1) is 15.0. The minimum atomic E-state index is -0.838. The number of amides is 1. The van der Waals surface area contributed by atoms with Crippen LogP contribution in [0.25, 0.3) is 0 Å². The predicted octanol–water partition coefficient (Wildman–Crippen LogP) is 3.14. The molecule has 3 rings (SSSR count). The molecule has 8 nitrogen and oxygen atoms in total. The molecule has 10 heteroatoms. The fourth-order valence-electron chi connectivity index (χ4n) is 2.70. The molecule has 0 bridgehead atoms. The lowest BCUT2D eigenvalue weighted by molar-refractivity contribution is -0.139. The van der Waals surface area contributed by atoms with E-state index in [4.69, 9.17) is 21.2 Å².